The number of anilines is 1. The van der Waals surface area contributed by atoms with Gasteiger partial charge in [-0.1, -0.05) is 12.1 Å². The number of aromatic nitrogens is 3. The molecule has 2 N–H and O–H groups in total. The first-order chi connectivity index (χ1) is 19.1. The van der Waals surface area contributed by atoms with Crippen LogP contribution in [0.4, 0.5) is 10.1 Å². The Kier molecular flexibility index (Phi) is 6.33. The smallest absolute Gasteiger partial charge is 0.182 e. The van der Waals surface area contributed by atoms with Gasteiger partial charge in [0.1, 0.15) is 23.4 Å². The van der Waals surface area contributed by atoms with Crippen molar-refractivity contribution in [3.63, 3.8) is 0 Å². The Morgan fingerprint density at radius 2 is 1.69 bits per heavy atom. The molecule has 5 aromatic rings. The molecule has 6 rings (SSSR count). The third-order valence-corrected chi connectivity index (χ3v) is 7.28. The largest absolute Gasteiger partial charge is 0.508 e. The van der Waals surface area contributed by atoms with Crippen LogP contribution in [0.1, 0.15) is 24.8 Å². The lowest BCUT2D eigenvalue weighted by molar-refractivity contribution is 0.415. The topological polar surface area (TPSA) is 98.1 Å². The van der Waals surface area contributed by atoms with E-state index >= 15 is 4.39 Å². The number of hydrogen-bond donors (Lipinski definition) is 2. The van der Waals surface area contributed by atoms with E-state index in [2.05, 4.69) is 38.3 Å². The number of piperidine rings is 1. The van der Waals surface area contributed by atoms with Gasteiger partial charge in [-0.25, -0.2) is 9.37 Å². The molecule has 0 aliphatic carbocycles. The first kappa shape index (κ1) is 24.4. The number of phenols is 1. The number of nitrogens with zero attached hydrogens (tertiary/aromatic N) is 4. The normalized spacial score (nSPS) is 13.4. The van der Waals surface area contributed by atoms with Crippen LogP contribution >= 0.6 is 0 Å². The van der Waals surface area contributed by atoms with Gasteiger partial charge in [0.05, 0.1) is 29.4 Å². The molecule has 2 aromatic heterocycles. The number of aromatic hydroxyl groups is 1. The van der Waals surface area contributed by atoms with E-state index in [1.165, 1.54) is 31.4 Å². The van der Waals surface area contributed by atoms with Crippen LogP contribution in [0.2, 0.25) is 0 Å². The van der Waals surface area contributed by atoms with Gasteiger partial charge in [0, 0.05) is 41.5 Å². The molecular weight excluding hydrogens is 493 g/mol. The van der Waals surface area contributed by atoms with Crippen LogP contribution in [-0.2, 0) is 0 Å². The number of halogens is 1. The zero-order valence-electron chi connectivity index (χ0n) is 21.4. The standard InChI is InChI=1S/C31H26FN5O2/c1-39-23-12-7-20(8-13-23)29-28-27(19-5-9-21(10-6-19)37-15-3-2-4-16-37)25(18-33)30(34-31(28)36-35-29)24-14-11-22(38)17-26(24)32/h5-14,17,38H,2-4,15-16H2,1H3,(H,34,35,36). The summed E-state index contributed by atoms with van der Waals surface area (Å²) in [5, 5.41) is 28.4. The summed E-state index contributed by atoms with van der Waals surface area (Å²) >= 11 is 0. The van der Waals surface area contributed by atoms with Gasteiger partial charge in [0.25, 0.3) is 0 Å². The second-order valence-electron chi connectivity index (χ2n) is 9.61. The van der Waals surface area contributed by atoms with Crippen molar-refractivity contribution in [1.29, 1.82) is 5.26 Å². The quantitative estimate of drug-likeness (QED) is 0.269. The Labute approximate surface area is 225 Å². The molecule has 39 heavy (non-hydrogen) atoms. The van der Waals surface area contributed by atoms with Crippen molar-refractivity contribution in [2.75, 3.05) is 25.1 Å². The Morgan fingerprint density at radius 3 is 2.36 bits per heavy atom. The summed E-state index contributed by atoms with van der Waals surface area (Å²) in [4.78, 5) is 7.02. The minimum absolute atomic E-state index is 0.117. The third-order valence-electron chi connectivity index (χ3n) is 7.28. The van der Waals surface area contributed by atoms with E-state index in [-0.39, 0.29) is 22.6 Å². The fourth-order valence-corrected chi connectivity index (χ4v) is 5.30. The van der Waals surface area contributed by atoms with Crippen molar-refractivity contribution >= 4 is 16.7 Å². The van der Waals surface area contributed by atoms with E-state index in [0.29, 0.717) is 22.3 Å². The van der Waals surface area contributed by atoms with Crippen molar-refractivity contribution < 1.29 is 14.2 Å². The van der Waals surface area contributed by atoms with Gasteiger partial charge in [-0.05, 0) is 73.4 Å². The molecule has 1 saturated heterocycles. The third kappa shape index (κ3) is 4.42. The van der Waals surface area contributed by atoms with E-state index in [9.17, 15) is 10.4 Å². The molecule has 0 bridgehead atoms. The van der Waals surface area contributed by atoms with E-state index in [0.717, 1.165) is 41.7 Å². The minimum Gasteiger partial charge on any atom is -0.508 e. The Balaban J connectivity index is 1.60. The maximum Gasteiger partial charge on any atom is 0.182 e. The molecule has 3 aromatic carbocycles. The lowest BCUT2D eigenvalue weighted by Crippen LogP contribution is -2.29. The Bertz CT molecular complexity index is 1700. The molecule has 1 aliphatic rings. The molecule has 0 radical (unpaired) electrons. The fourth-order valence-electron chi connectivity index (χ4n) is 5.30. The van der Waals surface area contributed by atoms with E-state index < -0.39 is 5.82 Å². The van der Waals surface area contributed by atoms with Crippen molar-refractivity contribution in [3.8, 4) is 51.2 Å². The van der Waals surface area contributed by atoms with E-state index in [1.807, 2.05) is 36.4 Å². The molecule has 0 amide bonds. The summed E-state index contributed by atoms with van der Waals surface area (Å²) < 4.78 is 20.3. The molecule has 1 aliphatic heterocycles. The highest BCUT2D eigenvalue weighted by Gasteiger charge is 2.24. The lowest BCUT2D eigenvalue weighted by atomic mass is 9.91. The predicted octanol–water partition coefficient (Wildman–Crippen LogP) is 6.67. The fraction of sp³-hybridized carbons (Fsp3) is 0.194. The Hall–Kier alpha value is -4.90. The highest BCUT2D eigenvalue weighted by molar-refractivity contribution is 6.06. The summed E-state index contributed by atoms with van der Waals surface area (Å²) in [5.41, 5.74) is 4.98. The van der Waals surface area contributed by atoms with Crippen LogP contribution in [0.25, 0.3) is 44.7 Å². The van der Waals surface area contributed by atoms with Gasteiger partial charge in [-0.2, -0.15) is 10.4 Å². The highest BCUT2D eigenvalue weighted by atomic mass is 19.1. The van der Waals surface area contributed by atoms with Crippen LogP contribution in [0.15, 0.2) is 66.7 Å². The molecule has 0 atom stereocenters. The van der Waals surface area contributed by atoms with Crippen LogP contribution in [0.5, 0.6) is 11.5 Å². The first-order valence-corrected chi connectivity index (χ1v) is 12.9. The SMILES string of the molecule is COc1ccc(-c2[nH]nc3nc(-c4ccc(O)cc4F)c(C#N)c(-c4ccc(N5CCCCC5)cc4)c23)cc1. The number of aromatic amines is 1. The first-order valence-electron chi connectivity index (χ1n) is 12.9. The number of phenolic OH excluding ortho intramolecular Hbond substituents is 1. The van der Waals surface area contributed by atoms with Gasteiger partial charge in [-0.15, -0.1) is 0 Å². The van der Waals surface area contributed by atoms with Crippen LogP contribution in [-0.4, -0.2) is 40.5 Å². The zero-order valence-corrected chi connectivity index (χ0v) is 21.4. The van der Waals surface area contributed by atoms with Crippen LogP contribution in [0, 0.1) is 17.1 Å². The average molecular weight is 520 g/mol. The maximum absolute atomic E-state index is 15.0. The second kappa shape index (κ2) is 10.1. The molecule has 0 spiro atoms. The number of hydrogen-bond acceptors (Lipinski definition) is 6. The monoisotopic (exact) mass is 519 g/mol. The number of fused-ring (bicyclic) bond motifs is 1. The zero-order chi connectivity index (χ0) is 26.9. The maximum atomic E-state index is 15.0. The van der Waals surface area contributed by atoms with Crippen molar-refractivity contribution in [2.45, 2.75) is 19.3 Å². The van der Waals surface area contributed by atoms with Crippen molar-refractivity contribution in [2.24, 2.45) is 0 Å². The number of rotatable bonds is 5. The summed E-state index contributed by atoms with van der Waals surface area (Å²) in [5.74, 6) is -0.154. The molecule has 7 nitrogen and oxygen atoms in total. The minimum atomic E-state index is -0.671. The predicted molar refractivity (Wildman–Crippen MR) is 149 cm³/mol. The molecule has 0 unspecified atom stereocenters. The molecule has 194 valence electrons. The van der Waals surface area contributed by atoms with Gasteiger partial charge >= 0.3 is 0 Å². The van der Waals surface area contributed by atoms with Gasteiger partial charge in [-0.3, -0.25) is 5.10 Å². The van der Waals surface area contributed by atoms with Gasteiger partial charge < -0.3 is 14.7 Å². The molecule has 3 heterocycles. The van der Waals surface area contributed by atoms with Crippen molar-refractivity contribution in [1.82, 2.24) is 15.2 Å². The van der Waals surface area contributed by atoms with Gasteiger partial charge in [0.15, 0.2) is 5.65 Å². The Morgan fingerprint density at radius 1 is 0.974 bits per heavy atom. The molecule has 1 fully saturated rings. The van der Waals surface area contributed by atoms with Crippen LogP contribution < -0.4 is 9.64 Å². The van der Waals surface area contributed by atoms with E-state index in [1.54, 1.807) is 7.11 Å². The average Bonchev–Trinajstić information content (AvgIpc) is 3.40. The number of nitriles is 1. The summed E-state index contributed by atoms with van der Waals surface area (Å²) in [6.45, 7) is 2.05. The highest BCUT2D eigenvalue weighted by Crippen LogP contribution is 2.41. The number of pyridine rings is 1. The molecular formula is C31H26FN5O2. The van der Waals surface area contributed by atoms with Crippen molar-refractivity contribution in [3.05, 3.63) is 78.1 Å². The number of ether oxygens (including phenoxy) is 1. The van der Waals surface area contributed by atoms with Gasteiger partial charge in [0.2, 0.25) is 0 Å². The molecule has 0 saturated carbocycles. The summed E-state index contributed by atoms with van der Waals surface area (Å²) in [6.07, 6.45) is 3.60. The summed E-state index contributed by atoms with van der Waals surface area (Å²) in [6, 6.07) is 21.8. The summed E-state index contributed by atoms with van der Waals surface area (Å²) in [7, 11) is 1.61. The molecule has 8 heteroatoms. The lowest BCUT2D eigenvalue weighted by Gasteiger charge is -2.29. The number of methoxy groups -OCH3 is 1. The second-order valence-corrected chi connectivity index (χ2v) is 9.61. The van der Waals surface area contributed by atoms with E-state index in [4.69, 9.17) is 4.74 Å². The van der Waals surface area contributed by atoms with Crippen LogP contribution in [0.3, 0.4) is 0 Å². The number of benzene rings is 3. The number of H-pyrrole nitrogens is 1. The number of nitrogens with one attached hydrogen (secondary N) is 1.